The number of phenolic OH excluding ortho intramolecular Hbond substituents is 2. The Hall–Kier alpha value is -3.71. The van der Waals surface area contributed by atoms with Crippen molar-refractivity contribution in [3.05, 3.63) is 93.3 Å². The van der Waals surface area contributed by atoms with E-state index in [1.165, 1.54) is 31.2 Å². The second kappa shape index (κ2) is 12.2. The van der Waals surface area contributed by atoms with E-state index in [1.54, 1.807) is 31.2 Å². The number of hydrogen-bond acceptors (Lipinski definition) is 10. The second-order valence-corrected chi connectivity index (χ2v) is 11.7. The van der Waals surface area contributed by atoms with Gasteiger partial charge in [0.25, 0.3) is 0 Å². The van der Waals surface area contributed by atoms with E-state index in [2.05, 4.69) is 0 Å². The van der Waals surface area contributed by atoms with Gasteiger partial charge in [0.2, 0.25) is 0 Å². The van der Waals surface area contributed by atoms with Crippen LogP contribution in [0, 0.1) is 5.82 Å². The first-order valence-corrected chi connectivity index (χ1v) is 14.3. The van der Waals surface area contributed by atoms with Crippen molar-refractivity contribution in [1.82, 2.24) is 0 Å². The Morgan fingerprint density at radius 2 is 1.64 bits per heavy atom. The van der Waals surface area contributed by atoms with E-state index in [4.69, 9.17) is 19.9 Å². The lowest BCUT2D eigenvalue weighted by Gasteiger charge is -2.43. The van der Waals surface area contributed by atoms with Gasteiger partial charge in [-0.2, -0.15) is 0 Å². The lowest BCUT2D eigenvalue weighted by molar-refractivity contribution is -0.254. The molecule has 0 radical (unpaired) electrons. The van der Waals surface area contributed by atoms with Gasteiger partial charge >= 0.3 is 0 Å². The number of aromatic hydroxyl groups is 2. The Bertz CT molecular complexity index is 1670. The molecule has 12 heteroatoms. The van der Waals surface area contributed by atoms with Crippen molar-refractivity contribution in [1.29, 1.82) is 0 Å². The molecule has 1 fully saturated rings. The van der Waals surface area contributed by atoms with Gasteiger partial charge in [-0.1, -0.05) is 36.4 Å². The van der Waals surface area contributed by atoms with Crippen molar-refractivity contribution in [2.24, 2.45) is 5.73 Å². The highest BCUT2D eigenvalue weighted by Crippen LogP contribution is 2.52. The first-order valence-electron chi connectivity index (χ1n) is 14.3. The quantitative estimate of drug-likeness (QED) is 0.228. The van der Waals surface area contributed by atoms with E-state index < -0.39 is 71.5 Å². The average molecular weight is 642 g/mol. The highest BCUT2D eigenvalue weighted by atomic mass is 35.5. The predicted octanol–water partition coefficient (Wildman–Crippen LogP) is 3.81. The molecule has 3 aromatic carbocycles. The van der Waals surface area contributed by atoms with Crippen LogP contribution < -0.4 is 5.73 Å². The first-order chi connectivity index (χ1) is 20.9. The van der Waals surface area contributed by atoms with Crippen molar-refractivity contribution < 1.29 is 48.3 Å². The first kappa shape index (κ1) is 32.7. The van der Waals surface area contributed by atoms with Gasteiger partial charge in [0.15, 0.2) is 23.6 Å². The summed E-state index contributed by atoms with van der Waals surface area (Å²) in [5, 5.41) is 34.3. The number of benzene rings is 3. The number of ketones is 3. The van der Waals surface area contributed by atoms with Gasteiger partial charge in [0.05, 0.1) is 36.0 Å². The van der Waals surface area contributed by atoms with Crippen LogP contribution in [0.5, 0.6) is 11.5 Å². The molecule has 0 amide bonds. The summed E-state index contributed by atoms with van der Waals surface area (Å²) in [6.45, 7) is 3.11. The summed E-state index contributed by atoms with van der Waals surface area (Å²) in [6.07, 6.45) is -3.90. The summed E-state index contributed by atoms with van der Waals surface area (Å²) in [5.41, 5.74) is 4.53. The number of phenols is 2. The standard InChI is InChI=1S/C33H32FNO9.ClH/c1-15-32(42-14-17-7-9-18(34)10-8-17)22(35)11-24(43-15)44-23-13-33(41,16(2)36)12-21-25(23)31(40)27-26(30(21)39)28(37)19-5-3-4-6-20(19)29(27)38;/h3-10,15,22-24,32,39-41H,11-14,35H2,1-2H3;1H/t15?,22?,23-,24?,32?,33-;/m0./s1. The number of carbonyl (C=O) groups excluding carboxylic acids is 3. The maximum Gasteiger partial charge on any atom is 0.198 e. The smallest absolute Gasteiger partial charge is 0.198 e. The fraction of sp³-hybridized carbons (Fsp3) is 0.364. The molecule has 1 saturated heterocycles. The van der Waals surface area contributed by atoms with Gasteiger partial charge in [-0.05, 0) is 31.5 Å². The Morgan fingerprint density at radius 1 is 1.04 bits per heavy atom. The molecule has 3 aromatic rings. The molecule has 2 aliphatic carbocycles. The van der Waals surface area contributed by atoms with E-state index in [1.807, 2.05) is 0 Å². The molecule has 0 aromatic heterocycles. The lowest BCUT2D eigenvalue weighted by Crippen LogP contribution is -2.53. The maximum atomic E-state index is 13.5. The molecule has 6 rings (SSSR count). The van der Waals surface area contributed by atoms with E-state index >= 15 is 0 Å². The third kappa shape index (κ3) is 5.65. The molecule has 0 spiro atoms. The van der Waals surface area contributed by atoms with Crippen LogP contribution in [-0.4, -0.2) is 62.8 Å². The number of rotatable bonds is 6. The van der Waals surface area contributed by atoms with Crippen LogP contribution in [0.15, 0.2) is 48.5 Å². The van der Waals surface area contributed by atoms with Crippen LogP contribution in [0.25, 0.3) is 0 Å². The van der Waals surface area contributed by atoms with Gasteiger partial charge in [-0.3, -0.25) is 14.4 Å². The largest absolute Gasteiger partial charge is 0.507 e. The monoisotopic (exact) mass is 641 g/mol. The van der Waals surface area contributed by atoms with Crippen LogP contribution in [0.2, 0.25) is 0 Å². The molecule has 10 nitrogen and oxygen atoms in total. The van der Waals surface area contributed by atoms with Gasteiger partial charge in [0.1, 0.15) is 22.9 Å². The number of hydrogen-bond donors (Lipinski definition) is 4. The second-order valence-electron chi connectivity index (χ2n) is 11.7. The molecule has 4 unspecified atom stereocenters. The van der Waals surface area contributed by atoms with Gasteiger partial charge in [0, 0.05) is 47.6 Å². The highest BCUT2D eigenvalue weighted by Gasteiger charge is 2.49. The fourth-order valence-electron chi connectivity index (χ4n) is 6.45. The molecule has 3 aliphatic rings. The molecule has 0 bridgehead atoms. The van der Waals surface area contributed by atoms with Crippen LogP contribution in [-0.2, 0) is 32.0 Å². The maximum absolute atomic E-state index is 13.5. The minimum absolute atomic E-state index is 0. The third-order valence-electron chi connectivity index (χ3n) is 8.82. The number of ether oxygens (including phenoxy) is 3. The summed E-state index contributed by atoms with van der Waals surface area (Å²) in [5.74, 6) is -3.45. The molecule has 5 N–H and O–H groups in total. The van der Waals surface area contributed by atoms with Crippen molar-refractivity contribution in [2.75, 3.05) is 0 Å². The fourth-order valence-corrected chi connectivity index (χ4v) is 6.45. The molecule has 1 aliphatic heterocycles. The van der Waals surface area contributed by atoms with E-state index in [-0.39, 0.29) is 71.1 Å². The summed E-state index contributed by atoms with van der Waals surface area (Å²) in [6, 6.07) is 11.4. The van der Waals surface area contributed by atoms with Crippen LogP contribution in [0.4, 0.5) is 4.39 Å². The Labute approximate surface area is 264 Å². The van der Waals surface area contributed by atoms with Crippen molar-refractivity contribution >= 4 is 29.8 Å². The number of Topliss-reactive ketones (excluding diaryl/α,β-unsaturated/α-hetero) is 1. The zero-order valence-electron chi connectivity index (χ0n) is 24.5. The summed E-state index contributed by atoms with van der Waals surface area (Å²) in [4.78, 5) is 39.6. The topological polar surface area (TPSA) is 166 Å². The molecule has 45 heavy (non-hydrogen) atoms. The van der Waals surface area contributed by atoms with E-state index in [0.717, 1.165) is 5.56 Å². The number of fused-ring (bicyclic) bond motifs is 3. The van der Waals surface area contributed by atoms with Crippen molar-refractivity contribution in [3.63, 3.8) is 0 Å². The van der Waals surface area contributed by atoms with Crippen molar-refractivity contribution in [2.45, 2.75) is 76.0 Å². The summed E-state index contributed by atoms with van der Waals surface area (Å²) < 4.78 is 31.6. The average Bonchev–Trinajstić information content (AvgIpc) is 2.98. The third-order valence-corrected chi connectivity index (χ3v) is 8.82. The SMILES string of the molecule is CC(=O)[C@]1(O)Cc2c(O)c3c(c(O)c2[C@@H](OC2CC(N)C(OCc4ccc(F)cc4)C(C)O2)C1)C(=O)c1ccccc1C3=O.Cl. The molecule has 1 heterocycles. The number of nitrogens with two attached hydrogens (primary N) is 1. The minimum atomic E-state index is -2.00. The summed E-state index contributed by atoms with van der Waals surface area (Å²) in [7, 11) is 0. The van der Waals surface area contributed by atoms with Crippen molar-refractivity contribution in [3.8, 4) is 11.5 Å². The number of aliphatic hydroxyl groups is 1. The number of carbonyl (C=O) groups is 3. The van der Waals surface area contributed by atoms with Gasteiger partial charge < -0.3 is 35.3 Å². The van der Waals surface area contributed by atoms with Crippen LogP contribution in [0.1, 0.15) is 81.3 Å². The molecule has 0 saturated carbocycles. The summed E-state index contributed by atoms with van der Waals surface area (Å²) >= 11 is 0. The minimum Gasteiger partial charge on any atom is -0.507 e. The Morgan fingerprint density at radius 3 is 2.22 bits per heavy atom. The van der Waals surface area contributed by atoms with E-state index in [9.17, 15) is 34.1 Å². The van der Waals surface area contributed by atoms with Crippen LogP contribution >= 0.6 is 12.4 Å². The van der Waals surface area contributed by atoms with Gasteiger partial charge in [-0.25, -0.2) is 4.39 Å². The molecular weight excluding hydrogens is 609 g/mol. The van der Waals surface area contributed by atoms with E-state index in [0.29, 0.717) is 0 Å². The van der Waals surface area contributed by atoms with Crippen LogP contribution in [0.3, 0.4) is 0 Å². The van der Waals surface area contributed by atoms with Gasteiger partial charge in [-0.15, -0.1) is 12.4 Å². The zero-order chi connectivity index (χ0) is 31.5. The molecule has 238 valence electrons. The normalized spacial score (nSPS) is 27.2. The lowest BCUT2D eigenvalue weighted by atomic mass is 9.72. The Kier molecular flexibility index (Phi) is 8.89. The molecule has 6 atom stereocenters. The predicted molar refractivity (Wildman–Crippen MR) is 160 cm³/mol. The Balaban J connectivity index is 0.00000400. The number of halogens is 2. The zero-order valence-corrected chi connectivity index (χ0v) is 25.3. The molecular formula is C33H33ClFNO9. The highest BCUT2D eigenvalue weighted by molar-refractivity contribution is 6.30.